The Labute approximate surface area is 109 Å². The molecule has 2 nitrogen and oxygen atoms in total. The predicted molar refractivity (Wildman–Crippen MR) is 67.5 cm³/mol. The highest BCUT2D eigenvalue weighted by Gasteiger charge is 2.15. The lowest BCUT2D eigenvalue weighted by molar-refractivity contribution is 0.0991. The molecule has 1 heterocycles. The number of benzene rings is 1. The topological polar surface area (TPSA) is 30.2 Å². The van der Waals surface area contributed by atoms with Gasteiger partial charge in [-0.3, -0.25) is 4.79 Å². The van der Waals surface area contributed by atoms with Crippen molar-refractivity contribution >= 4 is 17.4 Å². The predicted octanol–water partition coefficient (Wildman–Crippen LogP) is 4.06. The summed E-state index contributed by atoms with van der Waals surface area (Å²) in [7, 11) is 0. The van der Waals surface area contributed by atoms with Crippen molar-refractivity contribution in [2.45, 2.75) is 19.8 Å². The third kappa shape index (κ3) is 2.62. The number of furan rings is 1. The molecule has 0 aliphatic heterocycles. The quantitative estimate of drug-likeness (QED) is 0.781. The van der Waals surface area contributed by atoms with Gasteiger partial charge in [-0.15, -0.1) is 0 Å². The standard InChI is InChI=1S/C14H12ClFO2/c1-2-14-11(5-6-18-14)13(17)8-9-7-10(16)3-4-12(9)15/h3-7H,2,8H2,1H3. The van der Waals surface area contributed by atoms with Gasteiger partial charge in [-0.05, 0) is 29.8 Å². The number of rotatable bonds is 4. The van der Waals surface area contributed by atoms with E-state index in [1.807, 2.05) is 6.92 Å². The van der Waals surface area contributed by atoms with E-state index in [1.165, 1.54) is 24.5 Å². The molecule has 0 saturated carbocycles. The Morgan fingerprint density at radius 1 is 1.39 bits per heavy atom. The average Bonchev–Trinajstić information content (AvgIpc) is 2.82. The second kappa shape index (κ2) is 5.36. The van der Waals surface area contributed by atoms with Crippen LogP contribution in [0.2, 0.25) is 5.02 Å². The molecular formula is C14H12ClFO2. The van der Waals surface area contributed by atoms with Gasteiger partial charge in [0.2, 0.25) is 0 Å². The van der Waals surface area contributed by atoms with Crippen molar-refractivity contribution in [2.24, 2.45) is 0 Å². The van der Waals surface area contributed by atoms with E-state index in [0.717, 1.165) is 0 Å². The van der Waals surface area contributed by atoms with Crippen molar-refractivity contribution in [2.75, 3.05) is 0 Å². The van der Waals surface area contributed by atoms with Crippen molar-refractivity contribution < 1.29 is 13.6 Å². The summed E-state index contributed by atoms with van der Waals surface area (Å²) in [5, 5.41) is 0.395. The van der Waals surface area contributed by atoms with Crippen molar-refractivity contribution in [3.8, 4) is 0 Å². The molecule has 1 aromatic heterocycles. The van der Waals surface area contributed by atoms with Crippen LogP contribution in [0.15, 0.2) is 34.9 Å². The second-order valence-corrected chi connectivity index (χ2v) is 4.35. The summed E-state index contributed by atoms with van der Waals surface area (Å²) < 4.78 is 18.3. The summed E-state index contributed by atoms with van der Waals surface area (Å²) in [6, 6.07) is 5.64. The molecule has 2 aromatic rings. The summed E-state index contributed by atoms with van der Waals surface area (Å²) in [6.07, 6.45) is 2.20. The van der Waals surface area contributed by atoms with E-state index in [-0.39, 0.29) is 12.2 Å². The minimum Gasteiger partial charge on any atom is -0.469 e. The number of hydrogen-bond donors (Lipinski definition) is 0. The van der Waals surface area contributed by atoms with E-state index in [1.54, 1.807) is 6.07 Å². The van der Waals surface area contributed by atoms with Crippen LogP contribution in [0.3, 0.4) is 0 Å². The number of carbonyl (C=O) groups excluding carboxylic acids is 1. The molecule has 2 rings (SSSR count). The zero-order valence-electron chi connectivity index (χ0n) is 9.87. The molecule has 0 bridgehead atoms. The molecule has 0 N–H and O–H groups in total. The Kier molecular flexibility index (Phi) is 3.82. The van der Waals surface area contributed by atoms with Gasteiger partial charge in [-0.1, -0.05) is 18.5 Å². The fourth-order valence-corrected chi connectivity index (χ4v) is 1.99. The maximum Gasteiger partial charge on any atom is 0.170 e. The summed E-state index contributed by atoms with van der Waals surface area (Å²) in [4.78, 5) is 12.1. The van der Waals surface area contributed by atoms with Crippen LogP contribution in [0.5, 0.6) is 0 Å². The Bertz CT molecular complexity index is 575. The molecule has 0 spiro atoms. The van der Waals surface area contributed by atoms with Gasteiger partial charge < -0.3 is 4.42 Å². The number of halogens is 2. The highest BCUT2D eigenvalue weighted by atomic mass is 35.5. The Morgan fingerprint density at radius 2 is 2.17 bits per heavy atom. The van der Waals surface area contributed by atoms with Gasteiger partial charge in [0, 0.05) is 17.9 Å². The van der Waals surface area contributed by atoms with Crippen LogP contribution in [0.1, 0.15) is 28.6 Å². The highest BCUT2D eigenvalue weighted by molar-refractivity contribution is 6.31. The zero-order valence-corrected chi connectivity index (χ0v) is 10.6. The van der Waals surface area contributed by atoms with E-state index >= 15 is 0 Å². The Morgan fingerprint density at radius 3 is 2.89 bits per heavy atom. The molecule has 0 unspecified atom stereocenters. The number of ketones is 1. The number of carbonyl (C=O) groups is 1. The molecule has 0 saturated heterocycles. The molecular weight excluding hydrogens is 255 g/mol. The van der Waals surface area contributed by atoms with Crippen LogP contribution in [0, 0.1) is 5.82 Å². The Balaban J connectivity index is 2.24. The average molecular weight is 267 g/mol. The molecule has 0 atom stereocenters. The van der Waals surface area contributed by atoms with Gasteiger partial charge in [0.25, 0.3) is 0 Å². The molecule has 0 aliphatic rings. The van der Waals surface area contributed by atoms with Crippen molar-refractivity contribution in [3.05, 3.63) is 58.3 Å². The van der Waals surface area contributed by atoms with Crippen LogP contribution in [-0.2, 0) is 12.8 Å². The summed E-state index contributed by atoms with van der Waals surface area (Å²) in [5.74, 6) is 0.130. The van der Waals surface area contributed by atoms with E-state index in [0.29, 0.717) is 28.3 Å². The molecule has 1 aromatic carbocycles. The zero-order chi connectivity index (χ0) is 13.1. The number of hydrogen-bond acceptors (Lipinski definition) is 2. The summed E-state index contributed by atoms with van der Waals surface area (Å²) in [6.45, 7) is 1.91. The first-order valence-corrected chi connectivity index (χ1v) is 6.03. The van der Waals surface area contributed by atoms with E-state index in [2.05, 4.69) is 0 Å². The third-order valence-electron chi connectivity index (χ3n) is 2.73. The normalized spacial score (nSPS) is 10.6. The highest BCUT2D eigenvalue weighted by Crippen LogP contribution is 2.21. The maximum atomic E-state index is 13.1. The third-order valence-corrected chi connectivity index (χ3v) is 3.09. The fraction of sp³-hybridized carbons (Fsp3) is 0.214. The largest absolute Gasteiger partial charge is 0.469 e. The van der Waals surface area contributed by atoms with E-state index in [4.69, 9.17) is 16.0 Å². The molecule has 18 heavy (non-hydrogen) atoms. The molecule has 4 heteroatoms. The van der Waals surface area contributed by atoms with E-state index < -0.39 is 5.82 Å². The Hall–Kier alpha value is -1.61. The molecule has 0 radical (unpaired) electrons. The first-order chi connectivity index (χ1) is 8.61. The van der Waals surface area contributed by atoms with Gasteiger partial charge in [0.05, 0.1) is 11.8 Å². The van der Waals surface area contributed by atoms with E-state index in [9.17, 15) is 9.18 Å². The van der Waals surface area contributed by atoms with Crippen molar-refractivity contribution in [1.29, 1.82) is 0 Å². The van der Waals surface area contributed by atoms with Gasteiger partial charge >= 0.3 is 0 Å². The summed E-state index contributed by atoms with van der Waals surface area (Å²) >= 11 is 5.93. The van der Waals surface area contributed by atoms with Crippen LogP contribution in [-0.4, -0.2) is 5.78 Å². The van der Waals surface area contributed by atoms with Crippen LogP contribution in [0.25, 0.3) is 0 Å². The fourth-order valence-electron chi connectivity index (χ4n) is 1.81. The lowest BCUT2D eigenvalue weighted by atomic mass is 10.0. The minimum absolute atomic E-state index is 0.0725. The van der Waals surface area contributed by atoms with Crippen molar-refractivity contribution in [1.82, 2.24) is 0 Å². The number of aryl methyl sites for hydroxylation is 1. The first kappa shape index (κ1) is 12.8. The second-order valence-electron chi connectivity index (χ2n) is 3.95. The molecule has 0 aliphatic carbocycles. The van der Waals surface area contributed by atoms with Crippen LogP contribution < -0.4 is 0 Å². The van der Waals surface area contributed by atoms with Crippen molar-refractivity contribution in [3.63, 3.8) is 0 Å². The number of Topliss-reactive ketones (excluding diaryl/α,β-unsaturated/α-hetero) is 1. The maximum absolute atomic E-state index is 13.1. The SMILES string of the molecule is CCc1occc1C(=O)Cc1cc(F)ccc1Cl. The smallest absolute Gasteiger partial charge is 0.170 e. The van der Waals surface area contributed by atoms with Gasteiger partial charge in [0.15, 0.2) is 5.78 Å². The first-order valence-electron chi connectivity index (χ1n) is 5.65. The van der Waals surface area contributed by atoms with Gasteiger partial charge in [-0.25, -0.2) is 4.39 Å². The van der Waals surface area contributed by atoms with Crippen LogP contribution >= 0.6 is 11.6 Å². The van der Waals surface area contributed by atoms with Gasteiger partial charge in [-0.2, -0.15) is 0 Å². The summed E-state index contributed by atoms with van der Waals surface area (Å²) in [5.41, 5.74) is 1.03. The molecule has 94 valence electrons. The monoisotopic (exact) mass is 266 g/mol. The van der Waals surface area contributed by atoms with Crippen LogP contribution in [0.4, 0.5) is 4.39 Å². The molecule has 0 fully saturated rings. The minimum atomic E-state index is -0.398. The molecule has 0 amide bonds. The van der Waals surface area contributed by atoms with Gasteiger partial charge in [0.1, 0.15) is 11.6 Å². The lowest BCUT2D eigenvalue weighted by Gasteiger charge is -2.04. The lowest BCUT2D eigenvalue weighted by Crippen LogP contribution is -2.05.